The minimum atomic E-state index is -0.0639. The Balaban J connectivity index is 1.79. The minimum absolute atomic E-state index is 0.0639. The molecule has 0 amide bonds. The van der Waals surface area contributed by atoms with Gasteiger partial charge in [0.05, 0.1) is 17.2 Å². The second-order valence-corrected chi connectivity index (χ2v) is 5.29. The third-order valence-electron chi connectivity index (χ3n) is 3.65. The number of nitrogens with zero attached hydrogens (tertiary/aromatic N) is 1. The molecule has 0 saturated heterocycles. The van der Waals surface area contributed by atoms with Gasteiger partial charge in [-0.15, -0.1) is 0 Å². The van der Waals surface area contributed by atoms with Gasteiger partial charge < -0.3 is 4.74 Å². The molecule has 0 unspecified atom stereocenters. The number of carbonyl (C=O) groups excluding carboxylic acids is 1. The molecule has 0 fully saturated rings. The van der Waals surface area contributed by atoms with E-state index in [0.29, 0.717) is 29.0 Å². The molecule has 0 N–H and O–H groups in total. The van der Waals surface area contributed by atoms with Gasteiger partial charge in [0, 0.05) is 5.56 Å². The summed E-state index contributed by atoms with van der Waals surface area (Å²) in [5, 5.41) is 8.82. The molecule has 0 aliphatic heterocycles. The highest BCUT2D eigenvalue weighted by Gasteiger charge is 2.14. The van der Waals surface area contributed by atoms with Gasteiger partial charge in [-0.05, 0) is 29.8 Å². The van der Waals surface area contributed by atoms with Crippen molar-refractivity contribution in [2.75, 3.05) is 0 Å². The van der Waals surface area contributed by atoms with Crippen molar-refractivity contribution in [3.8, 4) is 11.8 Å². The Kier molecular flexibility index (Phi) is 4.69. The number of hydrogen-bond donors (Lipinski definition) is 0. The molecule has 0 radical (unpaired) electrons. The van der Waals surface area contributed by atoms with Crippen LogP contribution < -0.4 is 4.74 Å². The predicted molar refractivity (Wildman–Crippen MR) is 91.8 cm³/mol. The van der Waals surface area contributed by atoms with Crippen molar-refractivity contribution >= 4 is 5.78 Å². The van der Waals surface area contributed by atoms with E-state index in [1.807, 2.05) is 42.5 Å². The molecule has 3 aromatic rings. The normalized spacial score (nSPS) is 9.96. The zero-order chi connectivity index (χ0) is 16.8. The predicted octanol–water partition coefficient (Wildman–Crippen LogP) is 4.37. The first kappa shape index (κ1) is 15.5. The molecule has 0 heterocycles. The Morgan fingerprint density at radius 1 is 0.875 bits per heavy atom. The number of hydrogen-bond acceptors (Lipinski definition) is 3. The average molecular weight is 313 g/mol. The summed E-state index contributed by atoms with van der Waals surface area (Å²) in [6, 6.07) is 25.6. The van der Waals surface area contributed by atoms with E-state index >= 15 is 0 Å². The monoisotopic (exact) mass is 313 g/mol. The van der Waals surface area contributed by atoms with Gasteiger partial charge in [0.25, 0.3) is 0 Å². The van der Waals surface area contributed by atoms with Crippen LogP contribution in [-0.2, 0) is 6.61 Å². The van der Waals surface area contributed by atoms with Gasteiger partial charge in [0.15, 0.2) is 5.78 Å². The highest BCUT2D eigenvalue weighted by atomic mass is 16.5. The summed E-state index contributed by atoms with van der Waals surface area (Å²) in [4.78, 5) is 12.6. The third kappa shape index (κ3) is 3.50. The van der Waals surface area contributed by atoms with Crippen LogP contribution in [0.5, 0.6) is 5.75 Å². The maximum Gasteiger partial charge on any atom is 0.196 e. The lowest BCUT2D eigenvalue weighted by molar-refractivity contribution is 0.103. The van der Waals surface area contributed by atoms with Gasteiger partial charge in [-0.3, -0.25) is 4.79 Å². The molecular weight excluding hydrogens is 298 g/mol. The van der Waals surface area contributed by atoms with Crippen molar-refractivity contribution in [2.45, 2.75) is 6.61 Å². The first-order valence-electron chi connectivity index (χ1n) is 7.58. The van der Waals surface area contributed by atoms with Crippen LogP contribution >= 0.6 is 0 Å². The lowest BCUT2D eigenvalue weighted by Gasteiger charge is -2.11. The topological polar surface area (TPSA) is 50.1 Å². The Bertz CT molecular complexity index is 878. The molecule has 0 spiro atoms. The highest BCUT2D eigenvalue weighted by molar-refractivity contribution is 6.10. The van der Waals surface area contributed by atoms with Crippen LogP contribution in [0, 0.1) is 11.3 Å². The van der Waals surface area contributed by atoms with Crippen LogP contribution in [0.25, 0.3) is 0 Å². The van der Waals surface area contributed by atoms with E-state index in [1.165, 1.54) is 0 Å². The number of benzene rings is 3. The first-order valence-corrected chi connectivity index (χ1v) is 7.58. The smallest absolute Gasteiger partial charge is 0.196 e. The molecule has 3 aromatic carbocycles. The standard InChI is InChI=1S/C21H15NO2/c22-14-16-10-12-17(13-11-16)15-24-20-9-5-4-8-19(20)21(23)18-6-2-1-3-7-18/h1-13H,15H2. The number of carbonyl (C=O) groups is 1. The van der Waals surface area contributed by atoms with Gasteiger partial charge >= 0.3 is 0 Å². The molecule has 116 valence electrons. The minimum Gasteiger partial charge on any atom is -0.488 e. The van der Waals surface area contributed by atoms with Gasteiger partial charge in [-0.1, -0.05) is 54.6 Å². The Hall–Kier alpha value is -3.38. The van der Waals surface area contributed by atoms with Crippen LogP contribution in [0.2, 0.25) is 0 Å². The molecular formula is C21H15NO2. The van der Waals surface area contributed by atoms with E-state index in [0.717, 1.165) is 5.56 Å². The second kappa shape index (κ2) is 7.26. The fraction of sp³-hybridized carbons (Fsp3) is 0.0476. The van der Waals surface area contributed by atoms with E-state index in [1.54, 1.807) is 36.4 Å². The molecule has 24 heavy (non-hydrogen) atoms. The number of ether oxygens (including phenoxy) is 1. The van der Waals surface area contributed by atoms with Crippen LogP contribution in [0.4, 0.5) is 0 Å². The average Bonchev–Trinajstić information content (AvgIpc) is 2.67. The Morgan fingerprint density at radius 3 is 2.25 bits per heavy atom. The fourth-order valence-corrected chi connectivity index (χ4v) is 2.36. The molecule has 3 heteroatoms. The lowest BCUT2D eigenvalue weighted by atomic mass is 10.0. The summed E-state index contributed by atoms with van der Waals surface area (Å²) in [6.07, 6.45) is 0. The summed E-state index contributed by atoms with van der Waals surface area (Å²) in [5.74, 6) is 0.488. The third-order valence-corrected chi connectivity index (χ3v) is 3.65. The second-order valence-electron chi connectivity index (χ2n) is 5.29. The van der Waals surface area contributed by atoms with Crippen molar-refractivity contribution in [1.82, 2.24) is 0 Å². The summed E-state index contributed by atoms with van der Waals surface area (Å²) < 4.78 is 5.84. The molecule has 0 bridgehead atoms. The van der Waals surface area contributed by atoms with Crippen molar-refractivity contribution in [2.24, 2.45) is 0 Å². The summed E-state index contributed by atoms with van der Waals surface area (Å²) >= 11 is 0. The molecule has 0 aliphatic rings. The van der Waals surface area contributed by atoms with E-state index in [9.17, 15) is 4.79 Å². The van der Waals surface area contributed by atoms with Gasteiger partial charge in [0.2, 0.25) is 0 Å². The van der Waals surface area contributed by atoms with Gasteiger partial charge in [0.1, 0.15) is 12.4 Å². The SMILES string of the molecule is N#Cc1ccc(COc2ccccc2C(=O)c2ccccc2)cc1. The molecule has 0 atom stereocenters. The van der Waals surface area contributed by atoms with Crippen LogP contribution in [0.3, 0.4) is 0 Å². The van der Waals surface area contributed by atoms with Crippen LogP contribution in [0.15, 0.2) is 78.9 Å². The number of nitriles is 1. The maximum atomic E-state index is 12.6. The Labute approximate surface area is 140 Å². The fourth-order valence-electron chi connectivity index (χ4n) is 2.36. The summed E-state index contributed by atoms with van der Waals surface area (Å²) in [7, 11) is 0. The molecule has 0 aliphatic carbocycles. The quantitative estimate of drug-likeness (QED) is 0.657. The lowest BCUT2D eigenvalue weighted by Crippen LogP contribution is -2.05. The highest BCUT2D eigenvalue weighted by Crippen LogP contribution is 2.22. The van der Waals surface area contributed by atoms with Crippen molar-refractivity contribution in [3.05, 3.63) is 101 Å². The molecule has 3 rings (SSSR count). The molecule has 0 saturated carbocycles. The largest absolute Gasteiger partial charge is 0.488 e. The zero-order valence-electron chi connectivity index (χ0n) is 13.0. The number of rotatable bonds is 5. The van der Waals surface area contributed by atoms with Crippen LogP contribution in [0.1, 0.15) is 27.0 Å². The van der Waals surface area contributed by atoms with Gasteiger partial charge in [-0.2, -0.15) is 5.26 Å². The van der Waals surface area contributed by atoms with Gasteiger partial charge in [-0.25, -0.2) is 0 Å². The number of para-hydroxylation sites is 1. The molecule has 3 nitrogen and oxygen atoms in total. The van der Waals surface area contributed by atoms with Crippen molar-refractivity contribution < 1.29 is 9.53 Å². The number of ketones is 1. The summed E-state index contributed by atoms with van der Waals surface area (Å²) in [6.45, 7) is 0.338. The zero-order valence-corrected chi connectivity index (χ0v) is 13.0. The van der Waals surface area contributed by atoms with Crippen LogP contribution in [-0.4, -0.2) is 5.78 Å². The first-order chi connectivity index (χ1) is 11.8. The van der Waals surface area contributed by atoms with Crippen molar-refractivity contribution in [1.29, 1.82) is 5.26 Å². The Morgan fingerprint density at radius 2 is 1.54 bits per heavy atom. The van der Waals surface area contributed by atoms with E-state index in [-0.39, 0.29) is 5.78 Å². The summed E-state index contributed by atoms with van der Waals surface area (Å²) in [5.41, 5.74) is 2.72. The van der Waals surface area contributed by atoms with E-state index < -0.39 is 0 Å². The van der Waals surface area contributed by atoms with Crippen molar-refractivity contribution in [3.63, 3.8) is 0 Å². The molecule has 0 aromatic heterocycles. The van der Waals surface area contributed by atoms with E-state index in [2.05, 4.69) is 6.07 Å². The van der Waals surface area contributed by atoms with E-state index in [4.69, 9.17) is 10.00 Å². The maximum absolute atomic E-state index is 12.6.